The lowest BCUT2D eigenvalue weighted by molar-refractivity contribution is -0.136. The topological polar surface area (TPSA) is 87.0 Å². The lowest BCUT2D eigenvalue weighted by Crippen LogP contribution is -2.33. The van der Waals surface area contributed by atoms with Crippen molar-refractivity contribution in [1.82, 2.24) is 24.6 Å². The molecule has 0 saturated carbocycles. The number of rotatable bonds is 8. The summed E-state index contributed by atoms with van der Waals surface area (Å²) in [6, 6.07) is 2.01. The maximum Gasteiger partial charge on any atom is 0.303 e. The van der Waals surface area contributed by atoms with E-state index in [0.29, 0.717) is 11.6 Å². The van der Waals surface area contributed by atoms with Gasteiger partial charge in [-0.15, -0.1) is 0 Å². The van der Waals surface area contributed by atoms with Gasteiger partial charge in [-0.05, 0) is 12.5 Å². The minimum absolute atomic E-state index is 0.116. The van der Waals surface area contributed by atoms with Crippen LogP contribution in [0.3, 0.4) is 0 Å². The number of carboxylic acid groups (broad SMARTS) is 1. The van der Waals surface area contributed by atoms with Gasteiger partial charge < -0.3 is 10.1 Å². The van der Waals surface area contributed by atoms with Gasteiger partial charge in [0.25, 0.3) is 0 Å². The number of nitrogens with zero attached hydrogens (tertiary/aromatic N) is 4. The number of aryl methyl sites for hydroxylation is 2. The number of nitrogens with one attached hydrogen (secondary N) is 1. The predicted molar refractivity (Wildman–Crippen MR) is 94.5 cm³/mol. The highest BCUT2D eigenvalue weighted by Crippen LogP contribution is 2.20. The molecule has 0 fully saturated rings. The Morgan fingerprint density at radius 3 is 3.00 bits per heavy atom. The van der Waals surface area contributed by atoms with E-state index in [9.17, 15) is 4.79 Å². The molecule has 0 saturated heterocycles. The smallest absolute Gasteiger partial charge is 0.303 e. The molecule has 0 atom stereocenters. The third-order valence-electron chi connectivity index (χ3n) is 4.45. The molecule has 136 valence electrons. The van der Waals surface area contributed by atoms with Crippen LogP contribution in [0.25, 0.3) is 0 Å². The van der Waals surface area contributed by atoms with Crippen LogP contribution in [0.1, 0.15) is 49.1 Å². The van der Waals surface area contributed by atoms with Crippen molar-refractivity contribution >= 4 is 17.6 Å². The second-order valence-electron chi connectivity index (χ2n) is 6.51. The van der Waals surface area contributed by atoms with Crippen LogP contribution in [0.15, 0.2) is 6.07 Å². The number of hydrogen-bond donors (Lipinski definition) is 2. The SMILES string of the molecule is CCCCc1nc(Cl)c(CN2CCn3nc(CCC(=O)O)cc3C2)[nH]1. The molecule has 3 rings (SSSR count). The number of unbranched alkanes of at least 4 members (excludes halogenated alkanes) is 1. The Labute approximate surface area is 152 Å². The molecule has 2 N–H and O–H groups in total. The van der Waals surface area contributed by atoms with Gasteiger partial charge >= 0.3 is 5.97 Å². The van der Waals surface area contributed by atoms with Crippen LogP contribution in [0.4, 0.5) is 0 Å². The van der Waals surface area contributed by atoms with Crippen molar-refractivity contribution in [2.75, 3.05) is 6.54 Å². The number of aromatic nitrogens is 4. The highest BCUT2D eigenvalue weighted by atomic mass is 35.5. The van der Waals surface area contributed by atoms with E-state index in [-0.39, 0.29) is 6.42 Å². The summed E-state index contributed by atoms with van der Waals surface area (Å²) >= 11 is 6.28. The van der Waals surface area contributed by atoms with Gasteiger partial charge in [0.2, 0.25) is 0 Å². The van der Waals surface area contributed by atoms with Crippen LogP contribution in [0, 0.1) is 0 Å². The molecule has 0 spiro atoms. The van der Waals surface area contributed by atoms with Crippen molar-refractivity contribution in [3.8, 4) is 0 Å². The monoisotopic (exact) mass is 365 g/mol. The van der Waals surface area contributed by atoms with E-state index in [2.05, 4.69) is 26.9 Å². The van der Waals surface area contributed by atoms with Gasteiger partial charge in [0, 0.05) is 32.5 Å². The number of H-pyrrole nitrogens is 1. The Morgan fingerprint density at radius 1 is 1.40 bits per heavy atom. The quantitative estimate of drug-likeness (QED) is 0.750. The Hall–Kier alpha value is -1.86. The average molecular weight is 366 g/mol. The largest absolute Gasteiger partial charge is 0.481 e. The van der Waals surface area contributed by atoms with Crippen molar-refractivity contribution < 1.29 is 9.90 Å². The molecular weight excluding hydrogens is 342 g/mol. The maximum absolute atomic E-state index is 10.7. The Kier molecular flexibility index (Phi) is 5.75. The summed E-state index contributed by atoms with van der Waals surface area (Å²) in [7, 11) is 0. The van der Waals surface area contributed by atoms with Gasteiger partial charge in [-0.25, -0.2) is 4.98 Å². The fraction of sp³-hybridized carbons (Fsp3) is 0.588. The first-order chi connectivity index (χ1) is 12.0. The van der Waals surface area contributed by atoms with Crippen LogP contribution in [0.2, 0.25) is 5.15 Å². The van der Waals surface area contributed by atoms with E-state index in [1.807, 2.05) is 10.7 Å². The van der Waals surface area contributed by atoms with Gasteiger partial charge in [-0.1, -0.05) is 24.9 Å². The molecule has 3 heterocycles. The van der Waals surface area contributed by atoms with Gasteiger partial charge in [-0.2, -0.15) is 5.10 Å². The van der Waals surface area contributed by atoms with Crippen molar-refractivity contribution in [2.24, 2.45) is 0 Å². The number of hydrogen-bond acceptors (Lipinski definition) is 4. The van der Waals surface area contributed by atoms with E-state index >= 15 is 0 Å². The first kappa shape index (κ1) is 17.9. The minimum atomic E-state index is -0.791. The van der Waals surface area contributed by atoms with E-state index in [1.165, 1.54) is 0 Å². The molecule has 25 heavy (non-hydrogen) atoms. The van der Waals surface area contributed by atoms with E-state index in [0.717, 1.165) is 68.3 Å². The van der Waals surface area contributed by atoms with Crippen molar-refractivity contribution in [3.05, 3.63) is 34.1 Å². The highest BCUT2D eigenvalue weighted by molar-refractivity contribution is 6.30. The summed E-state index contributed by atoms with van der Waals surface area (Å²) in [5.74, 6) is 0.167. The maximum atomic E-state index is 10.7. The van der Waals surface area contributed by atoms with Gasteiger partial charge in [-0.3, -0.25) is 14.4 Å². The molecule has 1 aliphatic rings. The summed E-state index contributed by atoms with van der Waals surface area (Å²) in [5, 5.41) is 13.9. The molecule has 0 unspecified atom stereocenters. The average Bonchev–Trinajstić information content (AvgIpc) is 3.14. The lowest BCUT2D eigenvalue weighted by Gasteiger charge is -2.27. The molecular formula is C17H24ClN5O2. The van der Waals surface area contributed by atoms with Crippen LogP contribution < -0.4 is 0 Å². The standard InChI is InChI=1S/C17H24ClN5O2/c1-2-3-4-15-19-14(17(18)20-15)11-22-7-8-23-13(10-22)9-12(21-23)5-6-16(24)25/h9H,2-8,10-11H2,1H3,(H,19,20)(H,24,25). The lowest BCUT2D eigenvalue weighted by atomic mass is 10.2. The molecule has 0 amide bonds. The summed E-state index contributed by atoms with van der Waals surface area (Å²) in [6.07, 6.45) is 3.75. The molecule has 0 radical (unpaired) electrons. The van der Waals surface area contributed by atoms with Gasteiger partial charge in [0.15, 0.2) is 5.15 Å². The molecule has 7 nitrogen and oxygen atoms in total. The van der Waals surface area contributed by atoms with E-state index < -0.39 is 5.97 Å². The first-order valence-electron chi connectivity index (χ1n) is 8.78. The number of halogens is 1. The number of imidazole rings is 1. The zero-order valence-electron chi connectivity index (χ0n) is 14.5. The molecule has 0 aromatic carbocycles. The molecule has 2 aromatic heterocycles. The number of carboxylic acids is 1. The highest BCUT2D eigenvalue weighted by Gasteiger charge is 2.20. The van der Waals surface area contributed by atoms with Crippen molar-refractivity contribution in [1.29, 1.82) is 0 Å². The summed E-state index contributed by atoms with van der Waals surface area (Å²) in [6.45, 7) is 5.35. The normalized spacial score (nSPS) is 14.6. The molecule has 0 bridgehead atoms. The van der Waals surface area contributed by atoms with Gasteiger partial charge in [0.1, 0.15) is 5.82 Å². The van der Waals surface area contributed by atoms with Gasteiger partial charge in [0.05, 0.1) is 30.0 Å². The first-order valence-corrected chi connectivity index (χ1v) is 9.16. The fourth-order valence-electron chi connectivity index (χ4n) is 3.10. The summed E-state index contributed by atoms with van der Waals surface area (Å²) in [4.78, 5) is 20.8. The molecule has 1 aliphatic heterocycles. The van der Waals surface area contributed by atoms with E-state index in [4.69, 9.17) is 16.7 Å². The third kappa shape index (κ3) is 4.61. The van der Waals surface area contributed by atoms with Crippen LogP contribution in [-0.2, 0) is 37.3 Å². The zero-order chi connectivity index (χ0) is 17.8. The number of carbonyl (C=O) groups is 1. The van der Waals surface area contributed by atoms with Crippen LogP contribution >= 0.6 is 11.6 Å². The second-order valence-corrected chi connectivity index (χ2v) is 6.87. The number of fused-ring (bicyclic) bond motifs is 1. The molecule has 2 aromatic rings. The van der Waals surface area contributed by atoms with Crippen LogP contribution in [0.5, 0.6) is 0 Å². The molecule has 8 heteroatoms. The van der Waals surface area contributed by atoms with Crippen LogP contribution in [-0.4, -0.2) is 42.3 Å². The summed E-state index contributed by atoms with van der Waals surface area (Å²) in [5.41, 5.74) is 2.93. The molecule has 0 aliphatic carbocycles. The second kappa shape index (κ2) is 8.01. The Balaban J connectivity index is 1.61. The Bertz CT molecular complexity index is 739. The predicted octanol–water partition coefficient (Wildman–Crippen LogP) is 2.64. The number of aliphatic carboxylic acids is 1. The minimum Gasteiger partial charge on any atom is -0.481 e. The number of aromatic amines is 1. The van der Waals surface area contributed by atoms with Crippen molar-refractivity contribution in [3.63, 3.8) is 0 Å². The Morgan fingerprint density at radius 2 is 2.24 bits per heavy atom. The van der Waals surface area contributed by atoms with Crippen molar-refractivity contribution in [2.45, 2.75) is 58.7 Å². The zero-order valence-corrected chi connectivity index (χ0v) is 15.2. The fourth-order valence-corrected chi connectivity index (χ4v) is 3.31. The summed E-state index contributed by atoms with van der Waals surface area (Å²) < 4.78 is 1.98. The van der Waals surface area contributed by atoms with E-state index in [1.54, 1.807) is 0 Å². The third-order valence-corrected chi connectivity index (χ3v) is 4.76.